The van der Waals surface area contributed by atoms with Crippen LogP contribution in [0, 0.1) is 0 Å². The first-order chi connectivity index (χ1) is 26.0. The molecule has 0 saturated carbocycles. The van der Waals surface area contributed by atoms with Crippen molar-refractivity contribution in [2.45, 2.75) is 24.2 Å². The first kappa shape index (κ1) is 31.8. The predicted octanol–water partition coefficient (Wildman–Crippen LogP) is 14.7. The second-order valence-electron chi connectivity index (χ2n) is 14.9. The second kappa shape index (κ2) is 12.4. The lowest BCUT2D eigenvalue weighted by Crippen LogP contribution is -2.14. The molecular weight excluding hydrogens is 657 g/mol. The predicted molar refractivity (Wildman–Crippen MR) is 231 cm³/mol. The highest BCUT2D eigenvalue weighted by molar-refractivity contribution is 7.99. The molecule has 0 spiro atoms. The monoisotopic (exact) mass is 694 g/mol. The van der Waals surface area contributed by atoms with Gasteiger partial charge in [0.1, 0.15) is 0 Å². The molecule has 1 aliphatic carbocycles. The molecule has 0 amide bonds. The van der Waals surface area contributed by atoms with Gasteiger partial charge in [-0.1, -0.05) is 160 Å². The van der Waals surface area contributed by atoms with E-state index in [0.29, 0.717) is 0 Å². The maximum atomic E-state index is 4.38. The summed E-state index contributed by atoms with van der Waals surface area (Å²) in [5.74, 6) is 0.925. The highest BCUT2D eigenvalue weighted by Gasteiger charge is 2.35. The molecule has 2 aliphatic rings. The molecular formula is C52H38S. The van der Waals surface area contributed by atoms with Gasteiger partial charge in [0.05, 0.1) is 0 Å². The van der Waals surface area contributed by atoms with Crippen LogP contribution in [0.15, 0.2) is 181 Å². The van der Waals surface area contributed by atoms with E-state index in [-0.39, 0.29) is 5.41 Å². The average molecular weight is 695 g/mol. The summed E-state index contributed by atoms with van der Waals surface area (Å²) in [4.78, 5) is 1.29. The summed E-state index contributed by atoms with van der Waals surface area (Å²) in [6.07, 6.45) is 8.52. The zero-order chi connectivity index (χ0) is 35.7. The Balaban J connectivity index is 1.08. The molecule has 1 heteroatoms. The third kappa shape index (κ3) is 5.14. The topological polar surface area (TPSA) is 0 Å². The first-order valence-electron chi connectivity index (χ1n) is 18.5. The Morgan fingerprint density at radius 1 is 0.453 bits per heavy atom. The van der Waals surface area contributed by atoms with Crippen LogP contribution in [0.25, 0.3) is 82.4 Å². The summed E-state index contributed by atoms with van der Waals surface area (Å²) >= 11 is 1.88. The van der Waals surface area contributed by atoms with Crippen molar-refractivity contribution in [2.75, 3.05) is 5.75 Å². The number of allylic oxidation sites excluding steroid dienone is 4. The van der Waals surface area contributed by atoms with E-state index in [4.69, 9.17) is 0 Å². The number of thioether (sulfide) groups is 1. The molecule has 8 aromatic rings. The van der Waals surface area contributed by atoms with Crippen molar-refractivity contribution in [1.82, 2.24) is 0 Å². The first-order valence-corrected chi connectivity index (χ1v) is 19.5. The zero-order valence-corrected chi connectivity index (χ0v) is 30.8. The van der Waals surface area contributed by atoms with Crippen molar-refractivity contribution >= 4 is 49.7 Å². The van der Waals surface area contributed by atoms with Crippen LogP contribution in [0.2, 0.25) is 0 Å². The molecule has 1 heterocycles. The number of benzene rings is 8. The summed E-state index contributed by atoms with van der Waals surface area (Å²) < 4.78 is 0. The van der Waals surface area contributed by atoms with Gasteiger partial charge < -0.3 is 0 Å². The summed E-state index contributed by atoms with van der Waals surface area (Å²) in [6.45, 7) is 9.12. The van der Waals surface area contributed by atoms with Crippen LogP contribution in [0.5, 0.6) is 0 Å². The quantitative estimate of drug-likeness (QED) is 0.166. The minimum Gasteiger partial charge on any atom is -0.121 e. The van der Waals surface area contributed by atoms with Gasteiger partial charge in [0, 0.05) is 16.1 Å². The largest absolute Gasteiger partial charge is 0.121 e. The third-order valence-electron chi connectivity index (χ3n) is 11.5. The SMILES string of the molecule is C=C1/C=C\C=C/CSc2c1cccc2-c1cccc(-c2cccc(-c3ccc4c(c3)c3ccccc3c3cc5c(cc43)C(C)(C)c3ccccc3-5)c2)c1. The van der Waals surface area contributed by atoms with Gasteiger partial charge in [0.25, 0.3) is 0 Å². The summed E-state index contributed by atoms with van der Waals surface area (Å²) in [5, 5.41) is 7.86. The normalized spacial score (nSPS) is 15.7. The fourth-order valence-electron chi connectivity index (χ4n) is 8.77. The number of hydrogen-bond acceptors (Lipinski definition) is 1. The molecule has 0 radical (unpaired) electrons. The van der Waals surface area contributed by atoms with Crippen molar-refractivity contribution in [2.24, 2.45) is 0 Å². The van der Waals surface area contributed by atoms with E-state index >= 15 is 0 Å². The van der Waals surface area contributed by atoms with Crippen LogP contribution < -0.4 is 0 Å². The molecule has 0 bridgehead atoms. The van der Waals surface area contributed by atoms with E-state index in [1.54, 1.807) is 0 Å². The Kier molecular flexibility index (Phi) is 7.42. The molecule has 0 saturated heterocycles. The Morgan fingerprint density at radius 3 is 1.83 bits per heavy atom. The molecule has 53 heavy (non-hydrogen) atoms. The lowest BCUT2D eigenvalue weighted by atomic mass is 9.81. The smallest absolute Gasteiger partial charge is 0.0232 e. The van der Waals surface area contributed by atoms with Crippen LogP contribution in [0.3, 0.4) is 0 Å². The van der Waals surface area contributed by atoms with Gasteiger partial charge in [-0.3, -0.25) is 0 Å². The molecule has 1 aliphatic heterocycles. The van der Waals surface area contributed by atoms with Gasteiger partial charge in [-0.15, -0.1) is 11.8 Å². The van der Waals surface area contributed by atoms with Gasteiger partial charge >= 0.3 is 0 Å². The molecule has 0 aromatic heterocycles. The zero-order valence-electron chi connectivity index (χ0n) is 30.0. The van der Waals surface area contributed by atoms with Gasteiger partial charge in [-0.05, 0) is 129 Å². The van der Waals surface area contributed by atoms with E-state index in [9.17, 15) is 0 Å². The Morgan fingerprint density at radius 2 is 1.04 bits per heavy atom. The van der Waals surface area contributed by atoms with E-state index in [1.807, 2.05) is 11.8 Å². The average Bonchev–Trinajstić information content (AvgIpc) is 3.48. The second-order valence-corrected chi connectivity index (χ2v) is 15.9. The van der Waals surface area contributed by atoms with Gasteiger partial charge in [0.15, 0.2) is 0 Å². The van der Waals surface area contributed by atoms with Crippen molar-refractivity contribution in [3.63, 3.8) is 0 Å². The van der Waals surface area contributed by atoms with Crippen LogP contribution in [-0.4, -0.2) is 5.75 Å². The molecule has 0 fully saturated rings. The third-order valence-corrected chi connectivity index (χ3v) is 12.6. The van der Waals surface area contributed by atoms with Gasteiger partial charge in [0.2, 0.25) is 0 Å². The van der Waals surface area contributed by atoms with Crippen LogP contribution in [0.4, 0.5) is 0 Å². The molecule has 10 rings (SSSR count). The van der Waals surface area contributed by atoms with E-state index in [0.717, 1.165) is 11.3 Å². The van der Waals surface area contributed by atoms with Crippen molar-refractivity contribution in [3.05, 3.63) is 193 Å². The Bertz CT molecular complexity index is 2880. The summed E-state index contributed by atoms with van der Waals surface area (Å²) in [5.41, 5.74) is 15.1. The lowest BCUT2D eigenvalue weighted by Gasteiger charge is -2.22. The van der Waals surface area contributed by atoms with E-state index in [2.05, 4.69) is 190 Å². The fraction of sp³-hybridized carbons (Fsp3) is 0.0769. The Hall–Kier alpha value is -5.89. The van der Waals surface area contributed by atoms with Crippen LogP contribution in [-0.2, 0) is 5.41 Å². The molecule has 0 N–H and O–H groups in total. The summed E-state index contributed by atoms with van der Waals surface area (Å²) in [6, 6.07) is 54.6. The highest BCUT2D eigenvalue weighted by atomic mass is 32.2. The number of hydrogen-bond donors (Lipinski definition) is 0. The van der Waals surface area contributed by atoms with E-state index in [1.165, 1.54) is 98.4 Å². The number of rotatable bonds is 3. The van der Waals surface area contributed by atoms with Crippen molar-refractivity contribution in [1.29, 1.82) is 0 Å². The van der Waals surface area contributed by atoms with Gasteiger partial charge in [-0.2, -0.15) is 0 Å². The van der Waals surface area contributed by atoms with Crippen molar-refractivity contribution in [3.8, 4) is 44.5 Å². The Labute approximate surface area is 315 Å². The van der Waals surface area contributed by atoms with Gasteiger partial charge in [-0.25, -0.2) is 0 Å². The molecule has 0 atom stereocenters. The van der Waals surface area contributed by atoms with Crippen LogP contribution in [0.1, 0.15) is 30.5 Å². The molecule has 252 valence electrons. The summed E-state index contributed by atoms with van der Waals surface area (Å²) in [7, 11) is 0. The van der Waals surface area contributed by atoms with Crippen LogP contribution >= 0.6 is 11.8 Å². The van der Waals surface area contributed by atoms with Crippen molar-refractivity contribution < 1.29 is 0 Å². The molecule has 0 unspecified atom stereocenters. The minimum absolute atomic E-state index is 0.0458. The standard InChI is InChI=1S/C52H38S/c1-33-14-5-4-10-27-53-51-39(33)22-13-23-40(51)38-18-12-17-36(29-38)34-15-11-16-35(28-34)37-25-26-43-45(30-37)41-19-6-7-20-42(41)46-31-48-44-21-8-9-24-49(44)52(2,3)50(48)32-47(43)46/h4-26,28-32H,1,27H2,2-3H3/b10-4-,14-5-. The number of fused-ring (bicyclic) bond motifs is 10. The highest BCUT2D eigenvalue weighted by Crippen LogP contribution is 2.51. The maximum Gasteiger partial charge on any atom is 0.0232 e. The van der Waals surface area contributed by atoms with E-state index < -0.39 is 0 Å². The minimum atomic E-state index is -0.0458. The maximum absolute atomic E-state index is 4.38. The molecule has 0 nitrogen and oxygen atoms in total. The fourth-order valence-corrected chi connectivity index (χ4v) is 9.84. The molecule has 8 aromatic carbocycles. The lowest BCUT2D eigenvalue weighted by molar-refractivity contribution is 0.661.